The molecule has 0 bridgehead atoms. The number of anilines is 1. The molecule has 3 rings (SSSR count). The number of nitrogens with zero attached hydrogens (tertiary/aromatic N) is 2. The van der Waals surface area contributed by atoms with Crippen molar-refractivity contribution in [3.63, 3.8) is 0 Å². The topological polar surface area (TPSA) is 97.4 Å². The van der Waals surface area contributed by atoms with Crippen LogP contribution >= 0.6 is 15.9 Å². The van der Waals surface area contributed by atoms with Gasteiger partial charge < -0.3 is 15.6 Å². The summed E-state index contributed by atoms with van der Waals surface area (Å²) in [6, 6.07) is 10.6. The number of para-hydroxylation sites is 1. The third kappa shape index (κ3) is 5.30. The van der Waals surface area contributed by atoms with Crippen molar-refractivity contribution in [2.75, 3.05) is 18.4 Å². The van der Waals surface area contributed by atoms with E-state index in [1.54, 1.807) is 12.3 Å². The van der Waals surface area contributed by atoms with Crippen LogP contribution in [-0.4, -0.2) is 34.4 Å². The number of carbonyl (C=O) groups excluding carboxylic acids is 2. The van der Waals surface area contributed by atoms with Gasteiger partial charge in [0.05, 0.1) is 5.92 Å². The van der Waals surface area contributed by atoms with Crippen molar-refractivity contribution in [2.45, 2.75) is 25.9 Å². The number of piperidine rings is 1. The van der Waals surface area contributed by atoms with Gasteiger partial charge in [-0.2, -0.15) is 0 Å². The first-order chi connectivity index (χ1) is 13.4. The van der Waals surface area contributed by atoms with Gasteiger partial charge in [-0.25, -0.2) is 0 Å². The Bertz CT molecular complexity index is 928. The predicted octanol–water partition coefficient (Wildman–Crippen LogP) is 1.95. The minimum atomic E-state index is -0.277. The summed E-state index contributed by atoms with van der Waals surface area (Å²) in [6.07, 6.45) is 3.34. The van der Waals surface area contributed by atoms with Gasteiger partial charge >= 0.3 is 0 Å². The second-order valence-electron chi connectivity index (χ2n) is 7.00. The van der Waals surface area contributed by atoms with Crippen LogP contribution in [0.2, 0.25) is 0 Å². The van der Waals surface area contributed by atoms with Crippen LogP contribution < -0.4 is 16.6 Å². The molecule has 1 aliphatic rings. The first-order valence-electron chi connectivity index (χ1n) is 9.18. The number of rotatable bonds is 6. The van der Waals surface area contributed by atoms with Crippen LogP contribution in [0.5, 0.6) is 0 Å². The Balaban J connectivity index is 1.68. The summed E-state index contributed by atoms with van der Waals surface area (Å²) < 4.78 is 2.08. The molecule has 1 aromatic carbocycles. The van der Waals surface area contributed by atoms with E-state index < -0.39 is 0 Å². The number of aromatic nitrogens is 1. The van der Waals surface area contributed by atoms with Gasteiger partial charge in [-0.15, -0.1) is 0 Å². The van der Waals surface area contributed by atoms with Gasteiger partial charge in [-0.1, -0.05) is 18.2 Å². The van der Waals surface area contributed by atoms with Crippen LogP contribution in [0.25, 0.3) is 0 Å². The molecule has 1 saturated heterocycles. The Morgan fingerprint density at radius 1 is 1.21 bits per heavy atom. The number of primary amides is 1. The van der Waals surface area contributed by atoms with E-state index in [9.17, 15) is 14.4 Å². The highest BCUT2D eigenvalue weighted by Gasteiger charge is 2.24. The van der Waals surface area contributed by atoms with Crippen molar-refractivity contribution in [1.29, 1.82) is 0 Å². The Labute approximate surface area is 171 Å². The Kier molecular flexibility index (Phi) is 6.64. The monoisotopic (exact) mass is 446 g/mol. The van der Waals surface area contributed by atoms with Gasteiger partial charge in [-0.05, 0) is 53.0 Å². The third-order valence-electron chi connectivity index (χ3n) is 4.85. The highest BCUT2D eigenvalue weighted by atomic mass is 79.9. The molecule has 148 valence electrons. The van der Waals surface area contributed by atoms with Crippen LogP contribution in [0.4, 0.5) is 5.69 Å². The van der Waals surface area contributed by atoms with E-state index in [-0.39, 0.29) is 29.8 Å². The zero-order chi connectivity index (χ0) is 20.1. The van der Waals surface area contributed by atoms with E-state index in [1.165, 1.54) is 10.6 Å². The summed E-state index contributed by atoms with van der Waals surface area (Å²) in [6.45, 7) is 2.07. The van der Waals surface area contributed by atoms with Gasteiger partial charge in [-0.3, -0.25) is 19.3 Å². The summed E-state index contributed by atoms with van der Waals surface area (Å²) in [5.41, 5.74) is 6.89. The highest BCUT2D eigenvalue weighted by molar-refractivity contribution is 9.10. The maximum atomic E-state index is 12.5. The first-order valence-corrected chi connectivity index (χ1v) is 9.97. The fraction of sp³-hybridized carbons (Fsp3) is 0.350. The standard InChI is InChI=1S/C20H23BrN4O3/c21-16-7-8-19(27)25(12-16)13-18(26)23-17-6-2-1-4-14(17)10-24-9-3-5-15(11-24)20(22)28/h1-2,4,6-8,12,15H,3,5,9-11,13H2,(H2,22,28)(H,23,26). The van der Waals surface area contributed by atoms with Crippen molar-refractivity contribution in [3.8, 4) is 0 Å². The van der Waals surface area contributed by atoms with Crippen LogP contribution in [0.15, 0.2) is 51.9 Å². The maximum absolute atomic E-state index is 12.5. The molecular formula is C20H23BrN4O3. The van der Waals surface area contributed by atoms with Gasteiger partial charge in [0.15, 0.2) is 0 Å². The summed E-state index contributed by atoms with van der Waals surface area (Å²) >= 11 is 3.31. The van der Waals surface area contributed by atoms with E-state index in [1.807, 2.05) is 24.3 Å². The van der Waals surface area contributed by atoms with Gasteiger partial charge in [0.2, 0.25) is 11.8 Å². The highest BCUT2D eigenvalue weighted by Crippen LogP contribution is 2.22. The number of nitrogens with two attached hydrogens (primary N) is 1. The molecule has 28 heavy (non-hydrogen) atoms. The van der Waals surface area contributed by atoms with Crippen LogP contribution in [-0.2, 0) is 22.7 Å². The number of benzene rings is 1. The molecule has 1 atom stereocenters. The molecule has 0 spiro atoms. The van der Waals surface area contributed by atoms with Crippen molar-refractivity contribution >= 4 is 33.4 Å². The zero-order valence-corrected chi connectivity index (χ0v) is 17.0. The third-order valence-corrected chi connectivity index (χ3v) is 5.32. The van der Waals surface area contributed by atoms with Gasteiger partial charge in [0.1, 0.15) is 6.54 Å². The van der Waals surface area contributed by atoms with Crippen molar-refractivity contribution < 1.29 is 9.59 Å². The largest absolute Gasteiger partial charge is 0.369 e. The molecule has 1 aromatic heterocycles. The average Bonchev–Trinajstić information content (AvgIpc) is 2.66. The Morgan fingerprint density at radius 2 is 2.00 bits per heavy atom. The van der Waals surface area contributed by atoms with Gasteiger partial charge in [0, 0.05) is 35.5 Å². The van der Waals surface area contributed by atoms with E-state index >= 15 is 0 Å². The lowest BCUT2D eigenvalue weighted by atomic mass is 9.97. The number of pyridine rings is 1. The molecule has 1 unspecified atom stereocenters. The molecule has 2 amide bonds. The van der Waals surface area contributed by atoms with Crippen LogP contribution in [0.3, 0.4) is 0 Å². The lowest BCUT2D eigenvalue weighted by Gasteiger charge is -2.31. The van der Waals surface area contributed by atoms with Crippen molar-refractivity contribution in [3.05, 3.63) is 63.0 Å². The maximum Gasteiger partial charge on any atom is 0.251 e. The second-order valence-corrected chi connectivity index (χ2v) is 7.91. The number of hydrogen-bond donors (Lipinski definition) is 2. The Morgan fingerprint density at radius 3 is 2.79 bits per heavy atom. The van der Waals surface area contributed by atoms with Crippen molar-refractivity contribution in [2.24, 2.45) is 11.7 Å². The number of amides is 2. The quantitative estimate of drug-likeness (QED) is 0.708. The lowest BCUT2D eigenvalue weighted by molar-refractivity contribution is -0.123. The molecule has 0 radical (unpaired) electrons. The minimum Gasteiger partial charge on any atom is -0.369 e. The SMILES string of the molecule is NC(=O)C1CCCN(Cc2ccccc2NC(=O)Cn2cc(Br)ccc2=O)C1. The number of halogens is 1. The molecule has 7 nitrogen and oxygen atoms in total. The van der Waals surface area contributed by atoms with Crippen LogP contribution in [0.1, 0.15) is 18.4 Å². The summed E-state index contributed by atoms with van der Waals surface area (Å²) in [5.74, 6) is -0.661. The molecule has 0 aliphatic carbocycles. The number of carbonyl (C=O) groups is 2. The van der Waals surface area contributed by atoms with E-state index in [4.69, 9.17) is 5.73 Å². The van der Waals surface area contributed by atoms with E-state index in [0.717, 1.165) is 29.4 Å². The number of nitrogens with one attached hydrogen (secondary N) is 1. The normalized spacial score (nSPS) is 17.2. The van der Waals surface area contributed by atoms with Crippen LogP contribution in [0, 0.1) is 5.92 Å². The minimum absolute atomic E-state index is 0.0694. The summed E-state index contributed by atoms with van der Waals surface area (Å²) in [5, 5.41) is 2.90. The molecule has 0 saturated carbocycles. The van der Waals surface area contributed by atoms with E-state index in [2.05, 4.69) is 26.1 Å². The van der Waals surface area contributed by atoms with E-state index in [0.29, 0.717) is 18.8 Å². The number of likely N-dealkylation sites (tertiary alicyclic amines) is 1. The molecule has 1 fully saturated rings. The predicted molar refractivity (Wildman–Crippen MR) is 111 cm³/mol. The average molecular weight is 447 g/mol. The lowest BCUT2D eigenvalue weighted by Crippen LogP contribution is -2.40. The number of hydrogen-bond acceptors (Lipinski definition) is 4. The summed E-state index contributed by atoms with van der Waals surface area (Å²) in [7, 11) is 0. The first kappa shape index (κ1) is 20.3. The fourth-order valence-corrected chi connectivity index (χ4v) is 3.80. The summed E-state index contributed by atoms with van der Waals surface area (Å²) in [4.78, 5) is 38.0. The molecule has 2 aromatic rings. The van der Waals surface area contributed by atoms with Gasteiger partial charge in [0.25, 0.3) is 5.56 Å². The van der Waals surface area contributed by atoms with Crippen molar-refractivity contribution in [1.82, 2.24) is 9.47 Å². The molecule has 8 heteroatoms. The Hall–Kier alpha value is -2.45. The molecule has 3 N–H and O–H groups in total. The fourth-order valence-electron chi connectivity index (χ4n) is 3.42. The molecule has 1 aliphatic heterocycles. The molecular weight excluding hydrogens is 424 g/mol. The smallest absolute Gasteiger partial charge is 0.251 e. The zero-order valence-electron chi connectivity index (χ0n) is 15.4. The molecule has 2 heterocycles. The second kappa shape index (κ2) is 9.16.